The normalized spacial score (nSPS) is 21.6. The van der Waals surface area contributed by atoms with Crippen LogP contribution in [0.5, 0.6) is 0 Å². The lowest BCUT2D eigenvalue weighted by Gasteiger charge is -2.33. The molecule has 1 aromatic carbocycles. The number of aliphatic hydroxyl groups excluding tert-OH is 1. The Kier molecular flexibility index (Phi) is 14.1. The summed E-state index contributed by atoms with van der Waals surface area (Å²) in [5.41, 5.74) is 0.0580. The largest absolute Gasteiger partial charge is 0.463 e. The van der Waals surface area contributed by atoms with Crippen molar-refractivity contribution in [2.75, 3.05) is 6.54 Å². The SMILES string of the molecule is CCCC(NC(=O)[C@@H]1[C@H]2CCC(=O)[C@H]2CN1C(=O)[C@@H](CC(=O)OC(C)C)C(C)C)C(O)C(=O)C[C@@H](Cc1ccccc1)C(=O)OC(C)(C)C. The highest BCUT2D eigenvalue weighted by atomic mass is 16.6. The molecule has 1 aliphatic carbocycles. The van der Waals surface area contributed by atoms with Gasteiger partial charge in [0.2, 0.25) is 11.8 Å². The zero-order valence-corrected chi connectivity index (χ0v) is 30.4. The average Bonchev–Trinajstić information content (AvgIpc) is 3.57. The van der Waals surface area contributed by atoms with Crippen LogP contribution in [0.4, 0.5) is 0 Å². The number of likely N-dealkylation sites (tertiary alicyclic amines) is 1. The van der Waals surface area contributed by atoms with E-state index in [2.05, 4.69) is 5.32 Å². The number of hydrogen-bond donors (Lipinski definition) is 2. The number of rotatable bonds is 16. The van der Waals surface area contributed by atoms with E-state index in [1.807, 2.05) is 51.1 Å². The van der Waals surface area contributed by atoms with Gasteiger partial charge in [-0.15, -0.1) is 0 Å². The van der Waals surface area contributed by atoms with Crippen LogP contribution >= 0.6 is 0 Å². The number of ether oxygens (including phenoxy) is 2. The smallest absolute Gasteiger partial charge is 0.310 e. The Morgan fingerprint density at radius 1 is 1.02 bits per heavy atom. The molecule has 1 saturated heterocycles. The molecule has 2 unspecified atom stereocenters. The Bertz CT molecular complexity index is 1340. The van der Waals surface area contributed by atoms with E-state index in [0.717, 1.165) is 5.56 Å². The number of ketones is 2. The molecule has 2 aliphatic rings. The van der Waals surface area contributed by atoms with Crippen LogP contribution in [-0.2, 0) is 44.7 Å². The molecule has 3 rings (SSSR count). The van der Waals surface area contributed by atoms with E-state index in [1.54, 1.807) is 34.6 Å². The number of amides is 2. The number of hydrogen-bond acceptors (Lipinski definition) is 9. The molecular weight excluding hydrogens is 628 g/mol. The zero-order valence-electron chi connectivity index (χ0n) is 30.4. The van der Waals surface area contributed by atoms with Gasteiger partial charge in [-0.25, -0.2) is 0 Å². The molecule has 2 N–H and O–H groups in total. The molecule has 0 radical (unpaired) electrons. The van der Waals surface area contributed by atoms with E-state index >= 15 is 0 Å². The van der Waals surface area contributed by atoms with Crippen LogP contribution in [0.2, 0.25) is 0 Å². The van der Waals surface area contributed by atoms with Gasteiger partial charge in [0, 0.05) is 31.2 Å². The number of aliphatic hydroxyl groups is 1. The van der Waals surface area contributed by atoms with Crippen molar-refractivity contribution in [2.45, 2.75) is 130 Å². The second kappa shape index (κ2) is 17.4. The molecule has 2 amide bonds. The third-order valence-electron chi connectivity index (χ3n) is 9.37. The molecule has 49 heavy (non-hydrogen) atoms. The summed E-state index contributed by atoms with van der Waals surface area (Å²) < 4.78 is 10.9. The minimum absolute atomic E-state index is 0.00895. The second-order valence-corrected chi connectivity index (χ2v) is 15.2. The molecule has 1 aromatic rings. The third-order valence-corrected chi connectivity index (χ3v) is 9.37. The Labute approximate surface area is 290 Å². The van der Waals surface area contributed by atoms with Crippen molar-refractivity contribution >= 4 is 35.3 Å². The maximum absolute atomic E-state index is 14.1. The van der Waals surface area contributed by atoms with Gasteiger partial charge in [0.1, 0.15) is 23.5 Å². The summed E-state index contributed by atoms with van der Waals surface area (Å²) in [6.45, 7) is 14.3. The number of carbonyl (C=O) groups is 6. The molecule has 1 heterocycles. The average molecular weight is 685 g/mol. The van der Waals surface area contributed by atoms with Crippen LogP contribution in [0, 0.1) is 29.6 Å². The van der Waals surface area contributed by atoms with Crippen molar-refractivity contribution in [3.63, 3.8) is 0 Å². The van der Waals surface area contributed by atoms with Crippen molar-refractivity contribution in [3.05, 3.63) is 35.9 Å². The summed E-state index contributed by atoms with van der Waals surface area (Å²) in [6, 6.07) is 7.24. The van der Waals surface area contributed by atoms with Crippen molar-refractivity contribution in [2.24, 2.45) is 29.6 Å². The fraction of sp³-hybridized carbons (Fsp3) is 0.684. The fourth-order valence-electron chi connectivity index (χ4n) is 6.98. The van der Waals surface area contributed by atoms with Crippen molar-refractivity contribution in [1.82, 2.24) is 10.2 Å². The van der Waals surface area contributed by atoms with Crippen molar-refractivity contribution < 1.29 is 43.3 Å². The minimum atomic E-state index is -1.62. The molecule has 0 aromatic heterocycles. The van der Waals surface area contributed by atoms with Crippen LogP contribution in [0.15, 0.2) is 30.3 Å². The number of fused-ring (bicyclic) bond motifs is 1. The summed E-state index contributed by atoms with van der Waals surface area (Å²) >= 11 is 0. The number of esters is 2. The third kappa shape index (κ3) is 10.9. The van der Waals surface area contributed by atoms with Crippen LogP contribution in [-0.4, -0.2) is 81.8 Å². The predicted octanol–water partition coefficient (Wildman–Crippen LogP) is 4.21. The molecule has 2 fully saturated rings. The van der Waals surface area contributed by atoms with Gasteiger partial charge in [0.05, 0.1) is 30.4 Å². The van der Waals surface area contributed by atoms with E-state index in [4.69, 9.17) is 9.47 Å². The summed E-state index contributed by atoms with van der Waals surface area (Å²) in [5, 5.41) is 14.2. The highest BCUT2D eigenvalue weighted by molar-refractivity contribution is 5.95. The van der Waals surface area contributed by atoms with Gasteiger partial charge in [-0.1, -0.05) is 57.5 Å². The van der Waals surface area contributed by atoms with E-state index in [0.29, 0.717) is 19.3 Å². The maximum atomic E-state index is 14.1. The van der Waals surface area contributed by atoms with Crippen LogP contribution in [0.25, 0.3) is 0 Å². The highest BCUT2D eigenvalue weighted by Crippen LogP contribution is 2.41. The Morgan fingerprint density at radius 3 is 2.24 bits per heavy atom. The topological polar surface area (TPSA) is 156 Å². The van der Waals surface area contributed by atoms with Crippen LogP contribution in [0.1, 0.15) is 99.5 Å². The number of benzene rings is 1. The van der Waals surface area contributed by atoms with Gasteiger partial charge in [-0.3, -0.25) is 28.8 Å². The number of carbonyl (C=O) groups excluding carboxylic acids is 6. The predicted molar refractivity (Wildman–Crippen MR) is 183 cm³/mol. The highest BCUT2D eigenvalue weighted by Gasteiger charge is 2.54. The number of nitrogens with one attached hydrogen (secondary N) is 1. The lowest BCUT2D eigenvalue weighted by molar-refractivity contribution is -0.161. The first-order valence-corrected chi connectivity index (χ1v) is 17.7. The second-order valence-electron chi connectivity index (χ2n) is 15.2. The number of nitrogens with zero attached hydrogens (tertiary/aromatic N) is 1. The molecule has 11 heteroatoms. The quantitative estimate of drug-likeness (QED) is 0.244. The molecule has 272 valence electrons. The van der Waals surface area contributed by atoms with E-state index in [-0.39, 0.29) is 50.0 Å². The Balaban J connectivity index is 1.83. The first kappa shape index (κ1) is 39.8. The fourth-order valence-corrected chi connectivity index (χ4v) is 6.98. The first-order chi connectivity index (χ1) is 22.9. The summed E-state index contributed by atoms with van der Waals surface area (Å²) in [5.74, 6) is -5.41. The van der Waals surface area contributed by atoms with Crippen LogP contribution < -0.4 is 5.32 Å². The van der Waals surface area contributed by atoms with Gasteiger partial charge in [-0.2, -0.15) is 0 Å². The molecule has 7 atom stereocenters. The Hall–Kier alpha value is -3.60. The lowest BCUT2D eigenvalue weighted by Crippen LogP contribution is -2.56. The monoisotopic (exact) mass is 684 g/mol. The van der Waals surface area contributed by atoms with Crippen molar-refractivity contribution in [3.8, 4) is 0 Å². The zero-order chi connectivity index (χ0) is 36.6. The first-order valence-electron chi connectivity index (χ1n) is 17.7. The molecule has 0 spiro atoms. The van der Waals surface area contributed by atoms with E-state index < -0.39 is 77.0 Å². The number of Topliss-reactive ketones (excluding diaryl/α,β-unsaturated/α-hetero) is 2. The van der Waals surface area contributed by atoms with E-state index in [1.165, 1.54) is 4.90 Å². The van der Waals surface area contributed by atoms with E-state index in [9.17, 15) is 33.9 Å². The standard InChI is InChI=1S/C38H56N2O9/c1-9-13-29(34(44)31(42)19-25(37(47)49-38(6,7)8)18-24-14-11-10-12-15-24)39-35(45)33-26-16-17-30(41)28(26)21-40(33)36(46)27(22(2)3)20-32(43)48-23(4)5/h10-12,14-15,22-23,25-29,33-34,44H,9,13,16-21H2,1-8H3,(H,39,45)/t25-,26+,27+,28+,29?,33+,34?/m1/s1. The van der Waals surface area contributed by atoms with Gasteiger partial charge in [0.25, 0.3) is 0 Å². The summed E-state index contributed by atoms with van der Waals surface area (Å²) in [7, 11) is 0. The molecular formula is C38H56N2O9. The molecule has 1 saturated carbocycles. The van der Waals surface area contributed by atoms with Crippen molar-refractivity contribution in [1.29, 1.82) is 0 Å². The summed E-state index contributed by atoms with van der Waals surface area (Å²) in [6.07, 6.45) is -0.653. The molecule has 1 aliphatic heterocycles. The minimum Gasteiger partial charge on any atom is -0.463 e. The maximum Gasteiger partial charge on any atom is 0.310 e. The van der Waals surface area contributed by atoms with Gasteiger partial charge in [-0.05, 0) is 65.4 Å². The molecule has 11 nitrogen and oxygen atoms in total. The molecule has 0 bridgehead atoms. The van der Waals surface area contributed by atoms with Gasteiger partial charge in [0.15, 0.2) is 5.78 Å². The van der Waals surface area contributed by atoms with Gasteiger partial charge < -0.3 is 24.8 Å². The summed E-state index contributed by atoms with van der Waals surface area (Å²) in [4.78, 5) is 81.8. The van der Waals surface area contributed by atoms with Gasteiger partial charge >= 0.3 is 11.9 Å². The van der Waals surface area contributed by atoms with Crippen LogP contribution in [0.3, 0.4) is 0 Å². The Morgan fingerprint density at radius 2 is 1.67 bits per heavy atom. The lowest BCUT2D eigenvalue weighted by atomic mass is 9.89.